The largest absolute Gasteiger partial charge is 0.325 e. The van der Waals surface area contributed by atoms with Crippen LogP contribution in [0.3, 0.4) is 0 Å². The quantitative estimate of drug-likeness (QED) is 0.867. The van der Waals surface area contributed by atoms with Crippen LogP contribution in [0.4, 0.5) is 0 Å². The van der Waals surface area contributed by atoms with Crippen molar-refractivity contribution in [2.45, 2.75) is 69.5 Å². The molecule has 5 rings (SSSR count). The number of fused-ring (bicyclic) bond motifs is 1. The molecule has 0 spiro atoms. The lowest BCUT2D eigenvalue weighted by molar-refractivity contribution is -0.195. The molecule has 3 fully saturated rings. The summed E-state index contributed by atoms with van der Waals surface area (Å²) in [5.74, 6) is 2.19. The highest BCUT2D eigenvalue weighted by Gasteiger charge is 2.71. The Morgan fingerprint density at radius 1 is 1.50 bits per heavy atom. The predicted octanol–water partition coefficient (Wildman–Crippen LogP) is 2.58. The van der Waals surface area contributed by atoms with Crippen molar-refractivity contribution in [3.8, 4) is 12.3 Å². The van der Waals surface area contributed by atoms with Crippen LogP contribution in [-0.2, 0) is 11.2 Å². The van der Waals surface area contributed by atoms with E-state index in [0.717, 1.165) is 50.6 Å². The van der Waals surface area contributed by atoms with Gasteiger partial charge in [0.25, 0.3) is 5.91 Å². The summed E-state index contributed by atoms with van der Waals surface area (Å²) in [5.41, 5.74) is 8.72. The van der Waals surface area contributed by atoms with Crippen molar-refractivity contribution in [2.24, 2.45) is 11.1 Å². The smallest absolute Gasteiger partial charge is 0.299 e. The Bertz CT molecular complexity index is 700. The number of amides is 1. The Balaban J connectivity index is 1.76. The second-order valence-electron chi connectivity index (χ2n) is 8.06. The number of carbonyl (C=O) groups excluding carboxylic acids is 1. The summed E-state index contributed by atoms with van der Waals surface area (Å²) in [4.78, 5) is 19.3. The number of terminal acetylenes is 1. The van der Waals surface area contributed by atoms with E-state index in [1.807, 2.05) is 17.2 Å². The van der Waals surface area contributed by atoms with Crippen LogP contribution in [0.1, 0.15) is 62.7 Å². The summed E-state index contributed by atoms with van der Waals surface area (Å²) >= 11 is 0. The molecular formula is C20H25N3O. The molecule has 1 amide bonds. The zero-order valence-electron chi connectivity index (χ0n) is 14.3. The maximum atomic E-state index is 12.7. The van der Waals surface area contributed by atoms with E-state index in [0.29, 0.717) is 0 Å². The molecule has 4 heteroatoms. The topological polar surface area (TPSA) is 59.2 Å². The first-order valence-electron chi connectivity index (χ1n) is 9.03. The highest BCUT2D eigenvalue weighted by Crippen LogP contribution is 2.72. The van der Waals surface area contributed by atoms with Gasteiger partial charge in [-0.15, -0.1) is 6.42 Å². The fraction of sp³-hybridized carbons (Fsp3) is 0.600. The summed E-state index contributed by atoms with van der Waals surface area (Å²) in [7, 11) is 0. The number of rotatable bonds is 4. The van der Waals surface area contributed by atoms with Crippen LogP contribution in [0.25, 0.3) is 0 Å². The molecule has 0 radical (unpaired) electrons. The van der Waals surface area contributed by atoms with Crippen molar-refractivity contribution in [2.75, 3.05) is 0 Å². The number of hydrogen-bond acceptors (Lipinski definition) is 3. The molecule has 0 aromatic carbocycles. The number of nitrogens with two attached hydrogens (primary N) is 1. The maximum absolute atomic E-state index is 12.7. The van der Waals surface area contributed by atoms with E-state index < -0.39 is 0 Å². The van der Waals surface area contributed by atoms with Crippen LogP contribution in [0.2, 0.25) is 0 Å². The van der Waals surface area contributed by atoms with E-state index in [9.17, 15) is 4.79 Å². The summed E-state index contributed by atoms with van der Waals surface area (Å²) in [6.45, 7) is 2.18. The molecule has 1 aliphatic heterocycles. The van der Waals surface area contributed by atoms with E-state index >= 15 is 0 Å². The first kappa shape index (κ1) is 15.7. The molecule has 1 aromatic heterocycles. The van der Waals surface area contributed by atoms with Crippen molar-refractivity contribution in [3.63, 3.8) is 0 Å². The third kappa shape index (κ3) is 2.11. The fourth-order valence-corrected chi connectivity index (χ4v) is 5.43. The highest BCUT2D eigenvalue weighted by atomic mass is 16.2. The number of hydrogen-bond donors (Lipinski definition) is 1. The van der Waals surface area contributed by atoms with Gasteiger partial charge in [-0.25, -0.2) is 0 Å². The molecule has 4 nitrogen and oxygen atoms in total. The van der Waals surface area contributed by atoms with Crippen LogP contribution >= 0.6 is 0 Å². The van der Waals surface area contributed by atoms with E-state index in [1.54, 1.807) is 0 Å². The first-order valence-corrected chi connectivity index (χ1v) is 9.03. The number of aromatic nitrogens is 1. The van der Waals surface area contributed by atoms with Gasteiger partial charge < -0.3 is 10.6 Å². The molecule has 4 aliphatic rings. The number of pyridine rings is 1. The van der Waals surface area contributed by atoms with Crippen LogP contribution in [0, 0.1) is 17.8 Å². The number of carbonyl (C=O) groups is 1. The van der Waals surface area contributed by atoms with Gasteiger partial charge in [0, 0.05) is 23.2 Å². The van der Waals surface area contributed by atoms with Gasteiger partial charge in [-0.3, -0.25) is 9.78 Å². The zero-order valence-corrected chi connectivity index (χ0v) is 14.3. The molecule has 2 heterocycles. The molecule has 1 unspecified atom stereocenters. The number of nitrogens with zero attached hydrogens (tertiary/aromatic N) is 2. The Morgan fingerprint density at radius 2 is 2.25 bits per heavy atom. The maximum Gasteiger partial charge on any atom is 0.299 e. The molecule has 3 saturated carbocycles. The Hall–Kier alpha value is -1.86. The standard InChI is InChI=1S/C20H25N3O/c1-3-5-8-15-10-14-7-6-9-22-17(14)18(23(15)16(24)4-2)19-11-20(21,12-19)13-19/h2,6-7,9,15,18H,3,5,8,10-13,21H2,1H3/t15-,18?,19?,20?/m0/s1. The zero-order chi connectivity index (χ0) is 16.9. The van der Waals surface area contributed by atoms with Gasteiger partial charge in [0.15, 0.2) is 0 Å². The molecule has 126 valence electrons. The molecule has 3 aliphatic carbocycles. The third-order valence-corrected chi connectivity index (χ3v) is 6.25. The molecule has 24 heavy (non-hydrogen) atoms. The van der Waals surface area contributed by atoms with Crippen molar-refractivity contribution < 1.29 is 4.79 Å². The summed E-state index contributed by atoms with van der Waals surface area (Å²) < 4.78 is 0. The summed E-state index contributed by atoms with van der Waals surface area (Å²) in [6, 6.07) is 4.34. The summed E-state index contributed by atoms with van der Waals surface area (Å²) in [6.07, 6.45) is 14.4. The van der Waals surface area contributed by atoms with E-state index in [2.05, 4.69) is 23.9 Å². The van der Waals surface area contributed by atoms with E-state index in [1.165, 1.54) is 5.56 Å². The first-order chi connectivity index (χ1) is 11.5. The summed E-state index contributed by atoms with van der Waals surface area (Å²) in [5, 5.41) is 0. The van der Waals surface area contributed by atoms with Crippen LogP contribution in [-0.4, -0.2) is 27.4 Å². The van der Waals surface area contributed by atoms with Crippen LogP contribution in [0.5, 0.6) is 0 Å². The monoisotopic (exact) mass is 323 g/mol. The Kier molecular flexibility index (Phi) is 3.47. The van der Waals surface area contributed by atoms with Gasteiger partial charge in [-0.1, -0.05) is 25.8 Å². The van der Waals surface area contributed by atoms with Gasteiger partial charge >= 0.3 is 0 Å². The normalized spacial score (nSPS) is 36.1. The molecule has 0 saturated heterocycles. The van der Waals surface area contributed by atoms with Gasteiger partial charge in [0.2, 0.25) is 0 Å². The molecule has 2 bridgehead atoms. The minimum atomic E-state index is -0.187. The second kappa shape index (κ2) is 5.32. The van der Waals surface area contributed by atoms with Crippen LogP contribution < -0.4 is 5.73 Å². The van der Waals surface area contributed by atoms with Gasteiger partial charge in [0.05, 0.1) is 11.7 Å². The molecule has 1 aromatic rings. The van der Waals surface area contributed by atoms with Gasteiger partial charge in [-0.2, -0.15) is 0 Å². The van der Waals surface area contributed by atoms with Crippen molar-refractivity contribution in [3.05, 3.63) is 29.6 Å². The number of unbranched alkanes of at least 4 members (excludes halogenated alkanes) is 1. The van der Waals surface area contributed by atoms with Crippen molar-refractivity contribution in [1.29, 1.82) is 0 Å². The minimum absolute atomic E-state index is 0.00159. The molecular weight excluding hydrogens is 298 g/mol. The van der Waals surface area contributed by atoms with Crippen LogP contribution in [0.15, 0.2) is 18.3 Å². The van der Waals surface area contributed by atoms with Crippen molar-refractivity contribution >= 4 is 5.91 Å². The Morgan fingerprint density at radius 3 is 2.88 bits per heavy atom. The van der Waals surface area contributed by atoms with E-state index in [4.69, 9.17) is 12.2 Å². The lowest BCUT2D eigenvalue weighted by Crippen LogP contribution is -2.76. The average Bonchev–Trinajstić information content (AvgIpc) is 2.54. The highest BCUT2D eigenvalue weighted by molar-refractivity contribution is 5.93. The molecule has 2 atom stereocenters. The van der Waals surface area contributed by atoms with Gasteiger partial charge in [-0.05, 0) is 49.7 Å². The lowest BCUT2D eigenvalue weighted by atomic mass is 9.36. The lowest BCUT2D eigenvalue weighted by Gasteiger charge is -2.73. The van der Waals surface area contributed by atoms with E-state index in [-0.39, 0.29) is 28.9 Å². The SMILES string of the molecule is C#CC(=O)N1C(C23CC(N)(C2)C3)c2ncccc2C[C@@H]1CCCC. The fourth-order valence-electron chi connectivity index (χ4n) is 5.43. The third-order valence-electron chi connectivity index (χ3n) is 6.25. The molecule has 2 N–H and O–H groups in total. The predicted molar refractivity (Wildman–Crippen MR) is 92.9 cm³/mol. The average molecular weight is 323 g/mol. The minimum Gasteiger partial charge on any atom is -0.325 e. The Labute approximate surface area is 143 Å². The van der Waals surface area contributed by atoms with Gasteiger partial charge in [0.1, 0.15) is 0 Å². The van der Waals surface area contributed by atoms with Crippen molar-refractivity contribution in [1.82, 2.24) is 9.88 Å². The second-order valence-corrected chi connectivity index (χ2v) is 8.06.